The van der Waals surface area contributed by atoms with Crippen LogP contribution in [-0.2, 0) is 9.59 Å². The maximum Gasteiger partial charge on any atom is 0.320 e. The maximum absolute atomic E-state index is 12.2. The first-order chi connectivity index (χ1) is 10.3. The summed E-state index contributed by atoms with van der Waals surface area (Å²) in [5.74, 6) is -1.10. The van der Waals surface area contributed by atoms with Crippen molar-refractivity contribution in [3.05, 3.63) is 22.4 Å². The van der Waals surface area contributed by atoms with Gasteiger partial charge in [-0.05, 0) is 23.3 Å². The van der Waals surface area contributed by atoms with Crippen LogP contribution in [0.4, 0.5) is 0 Å². The molecule has 0 aliphatic heterocycles. The third-order valence-electron chi connectivity index (χ3n) is 3.38. The topological polar surface area (TPSA) is 78.4 Å². The lowest BCUT2D eigenvalue weighted by Gasteiger charge is -2.31. The Balaban J connectivity index is 2.63. The largest absolute Gasteiger partial charge is 0.480 e. The van der Waals surface area contributed by atoms with Gasteiger partial charge in [0.1, 0.15) is 6.04 Å². The number of hydrogen-bond acceptors (Lipinski definition) is 4. The predicted octanol–water partition coefficient (Wildman–Crippen LogP) is 2.79. The second-order valence-electron chi connectivity index (χ2n) is 6.44. The van der Waals surface area contributed by atoms with Crippen LogP contribution in [0.1, 0.15) is 51.5 Å². The molecular weight excluding hydrogens is 300 g/mol. The van der Waals surface area contributed by atoms with Crippen LogP contribution in [0.2, 0.25) is 0 Å². The van der Waals surface area contributed by atoms with Crippen LogP contribution in [0, 0.1) is 5.41 Å². The van der Waals surface area contributed by atoms with Crippen molar-refractivity contribution >= 4 is 23.2 Å². The molecule has 0 aliphatic carbocycles. The highest BCUT2D eigenvalue weighted by Gasteiger charge is 2.28. The number of amides is 1. The molecule has 5 nitrogen and oxygen atoms in total. The summed E-state index contributed by atoms with van der Waals surface area (Å²) in [6.07, 6.45) is 1.27. The molecule has 3 N–H and O–H groups in total. The molecule has 0 aromatic carbocycles. The number of hydrogen-bond donors (Lipinski definition) is 3. The molecule has 1 heterocycles. The fourth-order valence-corrected chi connectivity index (χ4v) is 3.22. The molecule has 124 valence electrons. The lowest BCUT2D eigenvalue weighted by Crippen LogP contribution is -2.45. The van der Waals surface area contributed by atoms with Gasteiger partial charge in [0.2, 0.25) is 5.91 Å². The minimum absolute atomic E-state index is 0.00885. The number of carbonyl (C=O) groups excluding carboxylic acids is 1. The monoisotopic (exact) mass is 326 g/mol. The molecular formula is C16H26N2O3S. The van der Waals surface area contributed by atoms with Gasteiger partial charge in [0.25, 0.3) is 0 Å². The zero-order valence-corrected chi connectivity index (χ0v) is 14.5. The van der Waals surface area contributed by atoms with E-state index in [1.165, 1.54) is 0 Å². The van der Waals surface area contributed by atoms with E-state index >= 15 is 0 Å². The van der Waals surface area contributed by atoms with E-state index in [4.69, 9.17) is 5.11 Å². The maximum atomic E-state index is 12.2. The number of carboxylic acid groups (broad SMARTS) is 1. The summed E-state index contributed by atoms with van der Waals surface area (Å²) in [6.45, 7) is 8.14. The number of nitrogens with one attached hydrogen (secondary N) is 2. The Morgan fingerprint density at radius 1 is 1.36 bits per heavy atom. The van der Waals surface area contributed by atoms with Gasteiger partial charge in [0, 0.05) is 4.88 Å². The van der Waals surface area contributed by atoms with Gasteiger partial charge in [0.05, 0.1) is 12.6 Å². The zero-order chi connectivity index (χ0) is 16.8. The van der Waals surface area contributed by atoms with E-state index < -0.39 is 12.0 Å². The van der Waals surface area contributed by atoms with Gasteiger partial charge in [-0.3, -0.25) is 14.9 Å². The van der Waals surface area contributed by atoms with Gasteiger partial charge in [-0.15, -0.1) is 11.3 Å². The molecule has 0 spiro atoms. The first kappa shape index (κ1) is 18.6. The summed E-state index contributed by atoms with van der Waals surface area (Å²) < 4.78 is 0. The van der Waals surface area contributed by atoms with Gasteiger partial charge >= 0.3 is 5.97 Å². The van der Waals surface area contributed by atoms with Crippen molar-refractivity contribution in [2.75, 3.05) is 6.54 Å². The summed E-state index contributed by atoms with van der Waals surface area (Å²) in [5.41, 5.74) is -0.115. The van der Waals surface area contributed by atoms with Crippen LogP contribution in [0.15, 0.2) is 17.5 Å². The van der Waals surface area contributed by atoms with Crippen LogP contribution in [0.25, 0.3) is 0 Å². The molecule has 0 radical (unpaired) electrons. The van der Waals surface area contributed by atoms with E-state index in [-0.39, 0.29) is 23.9 Å². The lowest BCUT2D eigenvalue weighted by molar-refractivity contribution is -0.139. The van der Waals surface area contributed by atoms with E-state index in [1.54, 1.807) is 11.3 Å². The minimum atomic E-state index is -0.916. The van der Waals surface area contributed by atoms with Gasteiger partial charge in [-0.1, -0.05) is 40.2 Å². The van der Waals surface area contributed by atoms with Crippen LogP contribution in [0.3, 0.4) is 0 Å². The standard InChI is InChI=1S/C16H26N2O3S/c1-5-7-11(15(20)21)17-10-13(19)18-14(16(2,3)4)12-8-6-9-22-12/h6,8-9,11,14,17H,5,7,10H2,1-4H3,(H,18,19)(H,20,21). The van der Waals surface area contributed by atoms with E-state index in [2.05, 4.69) is 31.4 Å². The van der Waals surface area contributed by atoms with Crippen molar-refractivity contribution in [2.24, 2.45) is 5.41 Å². The summed E-state index contributed by atoms with van der Waals surface area (Å²) in [4.78, 5) is 24.3. The van der Waals surface area contributed by atoms with Crippen molar-refractivity contribution in [1.82, 2.24) is 10.6 Å². The first-order valence-electron chi connectivity index (χ1n) is 7.54. The highest BCUT2D eigenvalue weighted by molar-refractivity contribution is 7.10. The quantitative estimate of drug-likeness (QED) is 0.686. The average molecular weight is 326 g/mol. The molecule has 0 aliphatic rings. The Morgan fingerprint density at radius 2 is 2.05 bits per heavy atom. The summed E-state index contributed by atoms with van der Waals surface area (Å²) in [5, 5.41) is 16.9. The molecule has 1 rings (SSSR count). The van der Waals surface area contributed by atoms with Crippen molar-refractivity contribution in [1.29, 1.82) is 0 Å². The van der Waals surface area contributed by atoms with Crippen molar-refractivity contribution < 1.29 is 14.7 Å². The number of thiophene rings is 1. The van der Waals surface area contributed by atoms with Gasteiger partial charge in [-0.2, -0.15) is 0 Å². The molecule has 1 aromatic heterocycles. The third kappa shape index (κ3) is 5.77. The molecule has 22 heavy (non-hydrogen) atoms. The summed E-state index contributed by atoms with van der Waals surface area (Å²) >= 11 is 1.61. The Bertz CT molecular complexity index is 480. The fourth-order valence-electron chi connectivity index (χ4n) is 2.20. The zero-order valence-electron chi connectivity index (χ0n) is 13.7. The number of carbonyl (C=O) groups is 2. The molecule has 0 saturated heterocycles. The second kappa shape index (κ2) is 8.29. The minimum Gasteiger partial charge on any atom is -0.480 e. The Morgan fingerprint density at radius 3 is 2.50 bits per heavy atom. The predicted molar refractivity (Wildman–Crippen MR) is 89.0 cm³/mol. The molecule has 2 atom stereocenters. The summed E-state index contributed by atoms with van der Waals surface area (Å²) in [6, 6.07) is 3.21. The number of rotatable bonds is 8. The van der Waals surface area contributed by atoms with Crippen LogP contribution < -0.4 is 10.6 Å². The van der Waals surface area contributed by atoms with E-state index in [0.717, 1.165) is 11.3 Å². The Kier molecular flexibility index (Phi) is 7.03. The SMILES string of the molecule is CCCC(NCC(=O)NC(c1cccs1)C(C)(C)C)C(=O)O. The summed E-state index contributed by atoms with van der Waals surface area (Å²) in [7, 11) is 0. The highest BCUT2D eigenvalue weighted by atomic mass is 32.1. The van der Waals surface area contributed by atoms with Crippen molar-refractivity contribution in [2.45, 2.75) is 52.6 Å². The van der Waals surface area contributed by atoms with E-state index in [9.17, 15) is 9.59 Å². The third-order valence-corrected chi connectivity index (χ3v) is 4.32. The smallest absolute Gasteiger partial charge is 0.320 e. The molecule has 6 heteroatoms. The van der Waals surface area contributed by atoms with Crippen LogP contribution in [0.5, 0.6) is 0 Å². The van der Waals surface area contributed by atoms with Crippen molar-refractivity contribution in [3.63, 3.8) is 0 Å². The molecule has 1 aromatic rings. The Labute approximate surface area is 136 Å². The molecule has 1 amide bonds. The molecule has 0 bridgehead atoms. The molecule has 0 fully saturated rings. The Hall–Kier alpha value is -1.40. The lowest BCUT2D eigenvalue weighted by atomic mass is 9.85. The first-order valence-corrected chi connectivity index (χ1v) is 8.42. The van der Waals surface area contributed by atoms with Crippen LogP contribution >= 0.6 is 11.3 Å². The fraction of sp³-hybridized carbons (Fsp3) is 0.625. The van der Waals surface area contributed by atoms with E-state index in [1.807, 2.05) is 24.4 Å². The number of aliphatic carboxylic acids is 1. The second-order valence-corrected chi connectivity index (χ2v) is 7.42. The molecule has 2 unspecified atom stereocenters. The van der Waals surface area contributed by atoms with Gasteiger partial charge < -0.3 is 10.4 Å². The average Bonchev–Trinajstić information content (AvgIpc) is 2.92. The van der Waals surface area contributed by atoms with Gasteiger partial charge in [-0.25, -0.2) is 0 Å². The molecule has 0 saturated carbocycles. The van der Waals surface area contributed by atoms with Crippen molar-refractivity contribution in [3.8, 4) is 0 Å². The number of carboxylic acids is 1. The van der Waals surface area contributed by atoms with Crippen LogP contribution in [-0.4, -0.2) is 29.6 Å². The van der Waals surface area contributed by atoms with E-state index in [0.29, 0.717) is 6.42 Å². The highest BCUT2D eigenvalue weighted by Crippen LogP contribution is 2.34. The van der Waals surface area contributed by atoms with Gasteiger partial charge in [0.15, 0.2) is 0 Å². The normalized spacial score (nSPS) is 14.4.